The highest BCUT2D eigenvalue weighted by molar-refractivity contribution is 6.21. The Labute approximate surface area is 173 Å². The van der Waals surface area contributed by atoms with Gasteiger partial charge in [0.2, 0.25) is 0 Å². The zero-order valence-corrected chi connectivity index (χ0v) is 17.1. The Morgan fingerprint density at radius 1 is 0.931 bits per heavy atom. The number of methoxy groups -OCH3 is 1. The van der Waals surface area contributed by atoms with Crippen molar-refractivity contribution in [3.63, 3.8) is 0 Å². The molecule has 0 saturated heterocycles. The first-order chi connectivity index (χ1) is 13.8. The lowest BCUT2D eigenvalue weighted by Crippen LogP contribution is -2.17. The van der Waals surface area contributed by atoms with Gasteiger partial charge in [0.15, 0.2) is 11.5 Å². The first-order valence-electron chi connectivity index (χ1n) is 8.87. The number of carbonyl (C=O) groups is 3. The average Bonchev–Trinajstić information content (AvgIpc) is 2.73. The van der Waals surface area contributed by atoms with E-state index in [1.807, 2.05) is 0 Å². The number of rotatable bonds is 7. The lowest BCUT2D eigenvalue weighted by atomic mass is 10.1. The predicted molar refractivity (Wildman–Crippen MR) is 107 cm³/mol. The summed E-state index contributed by atoms with van der Waals surface area (Å²) >= 11 is 6.16. The molecule has 7 nitrogen and oxygen atoms in total. The number of alkyl halides is 1. The maximum absolute atomic E-state index is 12.5. The fourth-order valence-corrected chi connectivity index (χ4v) is 2.40. The molecular formula is C21H22ClNO6. The van der Waals surface area contributed by atoms with Gasteiger partial charge in [-0.05, 0) is 42.0 Å². The molecule has 2 aromatic rings. The Hall–Kier alpha value is -2.90. The number of hydrogen-bond donors (Lipinski definition) is 1. The number of halogens is 1. The summed E-state index contributed by atoms with van der Waals surface area (Å²) in [7, 11) is 1.27. The Morgan fingerprint density at radius 2 is 1.52 bits per heavy atom. The van der Waals surface area contributed by atoms with Gasteiger partial charge in [-0.2, -0.15) is 0 Å². The molecule has 0 heterocycles. The van der Waals surface area contributed by atoms with Crippen LogP contribution >= 0.6 is 11.6 Å². The number of nitrogens with two attached hydrogens (primary N) is 1. The van der Waals surface area contributed by atoms with Crippen molar-refractivity contribution < 1.29 is 28.6 Å². The van der Waals surface area contributed by atoms with Crippen LogP contribution in [0.3, 0.4) is 0 Å². The molecule has 1 unspecified atom stereocenters. The van der Waals surface area contributed by atoms with Crippen LogP contribution in [0.5, 0.6) is 11.5 Å². The number of esters is 3. The molecule has 2 rings (SSSR count). The van der Waals surface area contributed by atoms with Crippen molar-refractivity contribution in [2.45, 2.75) is 19.2 Å². The zero-order chi connectivity index (χ0) is 21.6. The van der Waals surface area contributed by atoms with Gasteiger partial charge in [-0.25, -0.2) is 9.59 Å². The van der Waals surface area contributed by atoms with Crippen LogP contribution < -0.4 is 15.2 Å². The molecule has 0 saturated carbocycles. The third-order valence-corrected chi connectivity index (χ3v) is 4.39. The number of ether oxygens (including phenoxy) is 3. The van der Waals surface area contributed by atoms with E-state index in [1.54, 1.807) is 19.9 Å². The first kappa shape index (κ1) is 22.4. The normalized spacial score (nSPS) is 11.7. The Bertz CT molecular complexity index is 895. The lowest BCUT2D eigenvalue weighted by Gasteiger charge is -2.15. The molecule has 154 valence electrons. The fraction of sp³-hybridized carbons (Fsp3) is 0.286. The molecule has 29 heavy (non-hydrogen) atoms. The van der Waals surface area contributed by atoms with Gasteiger partial charge >= 0.3 is 17.9 Å². The second kappa shape index (κ2) is 10.0. The van der Waals surface area contributed by atoms with Crippen LogP contribution in [-0.2, 0) is 9.53 Å². The minimum atomic E-state index is -0.683. The van der Waals surface area contributed by atoms with E-state index in [1.165, 1.54) is 43.5 Å². The molecule has 0 amide bonds. The second-order valence-corrected chi connectivity index (χ2v) is 6.97. The van der Waals surface area contributed by atoms with E-state index in [-0.39, 0.29) is 29.5 Å². The van der Waals surface area contributed by atoms with E-state index >= 15 is 0 Å². The first-order valence-corrected chi connectivity index (χ1v) is 9.30. The molecule has 0 aromatic heterocycles. The Balaban J connectivity index is 2.28. The quantitative estimate of drug-likeness (QED) is 0.416. The summed E-state index contributed by atoms with van der Waals surface area (Å²) in [5.41, 5.74) is 6.72. The third kappa shape index (κ3) is 5.79. The van der Waals surface area contributed by atoms with Crippen molar-refractivity contribution in [2.75, 3.05) is 13.7 Å². The highest BCUT2D eigenvalue weighted by Gasteiger charge is 2.19. The van der Waals surface area contributed by atoms with Crippen LogP contribution in [0, 0.1) is 5.92 Å². The highest BCUT2D eigenvalue weighted by Crippen LogP contribution is 2.33. The summed E-state index contributed by atoms with van der Waals surface area (Å²) < 4.78 is 15.4. The highest BCUT2D eigenvalue weighted by atomic mass is 35.5. The van der Waals surface area contributed by atoms with Crippen LogP contribution in [0.2, 0.25) is 0 Å². The van der Waals surface area contributed by atoms with Gasteiger partial charge in [0, 0.05) is 6.54 Å². The molecule has 2 aromatic carbocycles. The largest absolute Gasteiger partial charge is 0.465 e. The SMILES string of the molecule is COC(=O)c1ccc(C(=O)Oc2ccc(C(Cl)CN)cc2OC(=O)C(C)C)cc1. The van der Waals surface area contributed by atoms with Crippen LogP contribution in [0.1, 0.15) is 45.5 Å². The van der Waals surface area contributed by atoms with Crippen LogP contribution in [0.15, 0.2) is 42.5 Å². The minimum absolute atomic E-state index is 0.0608. The van der Waals surface area contributed by atoms with Crippen molar-refractivity contribution in [3.8, 4) is 11.5 Å². The van der Waals surface area contributed by atoms with Gasteiger partial charge in [-0.3, -0.25) is 4.79 Å². The van der Waals surface area contributed by atoms with Gasteiger partial charge in [0.25, 0.3) is 0 Å². The maximum Gasteiger partial charge on any atom is 0.343 e. The summed E-state index contributed by atoms with van der Waals surface area (Å²) in [5.74, 6) is -1.93. The zero-order valence-electron chi connectivity index (χ0n) is 16.3. The van der Waals surface area contributed by atoms with E-state index < -0.39 is 23.3 Å². The summed E-state index contributed by atoms with van der Waals surface area (Å²) in [5, 5.41) is -0.484. The number of carbonyl (C=O) groups excluding carboxylic acids is 3. The molecule has 0 fully saturated rings. The van der Waals surface area contributed by atoms with Crippen molar-refractivity contribution in [2.24, 2.45) is 11.7 Å². The van der Waals surface area contributed by atoms with Crippen molar-refractivity contribution >= 4 is 29.5 Å². The molecule has 0 radical (unpaired) electrons. The Kier molecular flexibility index (Phi) is 7.75. The van der Waals surface area contributed by atoms with Gasteiger partial charge in [0.05, 0.1) is 29.5 Å². The molecule has 1 atom stereocenters. The van der Waals surface area contributed by atoms with E-state index in [9.17, 15) is 14.4 Å². The summed E-state index contributed by atoms with van der Waals surface area (Å²) in [6, 6.07) is 10.4. The topological polar surface area (TPSA) is 105 Å². The molecular weight excluding hydrogens is 398 g/mol. The molecule has 0 spiro atoms. The standard InChI is InChI=1S/C21H22ClNO6/c1-12(2)19(24)29-18-10-15(16(22)11-23)8-9-17(18)28-21(26)14-6-4-13(5-7-14)20(25)27-3/h4-10,12,16H,11,23H2,1-3H3. The fourth-order valence-electron chi connectivity index (χ4n) is 2.26. The smallest absolute Gasteiger partial charge is 0.343 e. The van der Waals surface area contributed by atoms with Crippen molar-refractivity contribution in [1.82, 2.24) is 0 Å². The average molecular weight is 420 g/mol. The van der Waals surface area contributed by atoms with Gasteiger partial charge in [0.1, 0.15) is 0 Å². The summed E-state index contributed by atoms with van der Waals surface area (Å²) in [6.45, 7) is 3.56. The summed E-state index contributed by atoms with van der Waals surface area (Å²) in [6.07, 6.45) is 0. The summed E-state index contributed by atoms with van der Waals surface area (Å²) in [4.78, 5) is 36.0. The van der Waals surface area contributed by atoms with Crippen LogP contribution in [0.25, 0.3) is 0 Å². The van der Waals surface area contributed by atoms with E-state index in [4.69, 9.17) is 26.8 Å². The van der Waals surface area contributed by atoms with Gasteiger partial charge < -0.3 is 19.9 Å². The Morgan fingerprint density at radius 3 is 2.03 bits per heavy atom. The minimum Gasteiger partial charge on any atom is -0.465 e. The molecule has 0 aliphatic heterocycles. The van der Waals surface area contributed by atoms with E-state index in [0.717, 1.165) is 0 Å². The van der Waals surface area contributed by atoms with E-state index in [0.29, 0.717) is 11.1 Å². The number of hydrogen-bond acceptors (Lipinski definition) is 7. The molecule has 8 heteroatoms. The second-order valence-electron chi connectivity index (χ2n) is 6.44. The molecule has 2 N–H and O–H groups in total. The third-order valence-electron chi connectivity index (χ3n) is 3.96. The molecule has 0 aliphatic carbocycles. The van der Waals surface area contributed by atoms with Crippen LogP contribution in [0.4, 0.5) is 0 Å². The van der Waals surface area contributed by atoms with Gasteiger partial charge in [-0.15, -0.1) is 11.6 Å². The number of benzene rings is 2. The lowest BCUT2D eigenvalue weighted by molar-refractivity contribution is -0.137. The maximum atomic E-state index is 12.5. The van der Waals surface area contributed by atoms with Gasteiger partial charge in [-0.1, -0.05) is 19.9 Å². The van der Waals surface area contributed by atoms with Crippen molar-refractivity contribution in [1.29, 1.82) is 0 Å². The monoisotopic (exact) mass is 419 g/mol. The van der Waals surface area contributed by atoms with Crippen LogP contribution in [-0.4, -0.2) is 31.6 Å². The molecule has 0 aliphatic rings. The van der Waals surface area contributed by atoms with Crippen molar-refractivity contribution in [3.05, 3.63) is 59.2 Å². The molecule has 0 bridgehead atoms. The van der Waals surface area contributed by atoms with E-state index in [2.05, 4.69) is 4.74 Å². The predicted octanol–water partition coefficient (Wildman–Crippen LogP) is 3.49.